The van der Waals surface area contributed by atoms with Crippen molar-refractivity contribution in [1.82, 2.24) is 19.8 Å². The van der Waals surface area contributed by atoms with Gasteiger partial charge in [0.15, 0.2) is 0 Å². The number of para-hydroxylation sites is 1. The monoisotopic (exact) mass is 424 g/mol. The lowest BCUT2D eigenvalue weighted by atomic mass is 9.79. The third-order valence-corrected chi connectivity index (χ3v) is 6.28. The fourth-order valence-electron chi connectivity index (χ4n) is 4.74. The van der Waals surface area contributed by atoms with Crippen molar-refractivity contribution in [3.05, 3.63) is 102 Å². The van der Waals surface area contributed by atoms with Crippen molar-refractivity contribution in [1.29, 1.82) is 0 Å². The molecule has 160 valence electrons. The third-order valence-electron chi connectivity index (χ3n) is 6.28. The molecule has 0 fully saturated rings. The van der Waals surface area contributed by atoms with Crippen molar-refractivity contribution in [2.45, 2.75) is 18.5 Å². The minimum absolute atomic E-state index is 0.0766. The number of likely N-dealkylation sites (N-methyl/N-ethyl adjacent to an activating group) is 1. The van der Waals surface area contributed by atoms with Crippen LogP contribution in [-0.2, 0) is 18.4 Å². The number of nitrogens with one attached hydrogen (secondary N) is 1. The number of carbonyl (C=O) groups is 2. The minimum atomic E-state index is -0.539. The maximum absolute atomic E-state index is 13.6. The van der Waals surface area contributed by atoms with Gasteiger partial charge in [-0.1, -0.05) is 42.5 Å². The van der Waals surface area contributed by atoms with Crippen LogP contribution in [0, 0.1) is 0 Å². The summed E-state index contributed by atoms with van der Waals surface area (Å²) in [7, 11) is 3.77. The Balaban J connectivity index is 1.61. The standard InChI is InChI=1S/C26H24N4O2/c1-29-16-21(18-10-5-6-13-22(18)29)24-23(25(31)28-15-17-9-7-8-14-27-17)19-11-3-4-12-20(19)26(32)30(24)2/h3-14,16,23-24H,15H2,1-2H3,(H,28,31)/t23-,24-/m0/s1. The Morgan fingerprint density at radius 3 is 2.53 bits per heavy atom. The van der Waals surface area contributed by atoms with Crippen molar-refractivity contribution in [2.24, 2.45) is 7.05 Å². The lowest BCUT2D eigenvalue weighted by molar-refractivity contribution is -0.124. The van der Waals surface area contributed by atoms with Crippen LogP contribution in [-0.4, -0.2) is 33.3 Å². The first kappa shape index (κ1) is 20.0. The van der Waals surface area contributed by atoms with Crippen molar-refractivity contribution in [3.8, 4) is 0 Å². The van der Waals surface area contributed by atoms with Crippen LogP contribution in [0.3, 0.4) is 0 Å². The van der Waals surface area contributed by atoms with Crippen LogP contribution in [0.25, 0.3) is 10.9 Å². The Bertz CT molecular complexity index is 1310. The molecular weight excluding hydrogens is 400 g/mol. The summed E-state index contributed by atoms with van der Waals surface area (Å²) in [4.78, 5) is 32.9. The molecule has 2 aromatic heterocycles. The van der Waals surface area contributed by atoms with Gasteiger partial charge in [-0.15, -0.1) is 0 Å². The normalized spacial score (nSPS) is 17.9. The number of aryl methyl sites for hydroxylation is 1. The number of pyridine rings is 1. The Labute approximate surface area is 186 Å². The van der Waals surface area contributed by atoms with Gasteiger partial charge < -0.3 is 14.8 Å². The van der Waals surface area contributed by atoms with Crippen LogP contribution in [0.1, 0.15) is 39.1 Å². The molecule has 6 nitrogen and oxygen atoms in total. The van der Waals surface area contributed by atoms with E-state index in [-0.39, 0.29) is 11.8 Å². The smallest absolute Gasteiger partial charge is 0.254 e. The molecule has 0 radical (unpaired) electrons. The first-order valence-electron chi connectivity index (χ1n) is 10.6. The van der Waals surface area contributed by atoms with E-state index in [1.54, 1.807) is 24.2 Å². The topological polar surface area (TPSA) is 67.2 Å². The van der Waals surface area contributed by atoms with E-state index in [1.807, 2.05) is 78.5 Å². The quantitative estimate of drug-likeness (QED) is 0.542. The van der Waals surface area contributed by atoms with E-state index in [0.717, 1.165) is 27.7 Å². The van der Waals surface area contributed by atoms with E-state index < -0.39 is 12.0 Å². The fraction of sp³-hybridized carbons (Fsp3) is 0.192. The molecule has 0 saturated carbocycles. The molecular formula is C26H24N4O2. The molecule has 1 aliphatic heterocycles. The lowest BCUT2D eigenvalue weighted by Gasteiger charge is -2.39. The van der Waals surface area contributed by atoms with Crippen molar-refractivity contribution in [3.63, 3.8) is 0 Å². The second-order valence-corrected chi connectivity index (χ2v) is 8.18. The summed E-state index contributed by atoms with van der Waals surface area (Å²) in [6.45, 7) is 0.332. The summed E-state index contributed by atoms with van der Waals surface area (Å²) in [6.07, 6.45) is 3.74. The predicted octanol–water partition coefficient (Wildman–Crippen LogP) is 3.80. The average molecular weight is 425 g/mol. The summed E-state index contributed by atoms with van der Waals surface area (Å²) in [5.74, 6) is -0.740. The zero-order valence-corrected chi connectivity index (χ0v) is 18.0. The van der Waals surface area contributed by atoms with Crippen LogP contribution in [0.2, 0.25) is 0 Å². The molecule has 0 unspecified atom stereocenters. The zero-order valence-electron chi connectivity index (χ0n) is 18.0. The molecule has 1 N–H and O–H groups in total. The highest BCUT2D eigenvalue weighted by molar-refractivity contribution is 6.02. The van der Waals surface area contributed by atoms with Gasteiger partial charge in [-0.05, 0) is 29.8 Å². The maximum Gasteiger partial charge on any atom is 0.254 e. The van der Waals surface area contributed by atoms with Gasteiger partial charge in [0.05, 0.1) is 24.2 Å². The second-order valence-electron chi connectivity index (χ2n) is 8.18. The molecule has 4 aromatic rings. The molecule has 0 saturated heterocycles. The summed E-state index contributed by atoms with van der Waals surface area (Å²) >= 11 is 0. The minimum Gasteiger partial charge on any atom is -0.350 e. The van der Waals surface area contributed by atoms with Gasteiger partial charge in [0.25, 0.3) is 5.91 Å². The first-order chi connectivity index (χ1) is 15.6. The predicted molar refractivity (Wildman–Crippen MR) is 123 cm³/mol. The van der Waals surface area contributed by atoms with E-state index in [1.165, 1.54) is 0 Å². The van der Waals surface area contributed by atoms with Crippen molar-refractivity contribution in [2.75, 3.05) is 7.05 Å². The van der Waals surface area contributed by atoms with Crippen LogP contribution in [0.5, 0.6) is 0 Å². The Morgan fingerprint density at radius 2 is 1.72 bits per heavy atom. The highest BCUT2D eigenvalue weighted by Crippen LogP contribution is 2.44. The Hall–Kier alpha value is -3.93. The van der Waals surface area contributed by atoms with Crippen molar-refractivity contribution < 1.29 is 9.59 Å². The molecule has 5 rings (SSSR count). The van der Waals surface area contributed by atoms with Crippen LogP contribution < -0.4 is 5.32 Å². The molecule has 0 aliphatic carbocycles. The summed E-state index contributed by atoms with van der Waals surface area (Å²) < 4.78 is 2.05. The van der Waals surface area contributed by atoms with Gasteiger partial charge in [0.1, 0.15) is 0 Å². The van der Waals surface area contributed by atoms with E-state index >= 15 is 0 Å². The van der Waals surface area contributed by atoms with Gasteiger partial charge in [-0.3, -0.25) is 14.6 Å². The number of carbonyl (C=O) groups excluding carboxylic acids is 2. The van der Waals surface area contributed by atoms with E-state index in [9.17, 15) is 9.59 Å². The average Bonchev–Trinajstić information content (AvgIpc) is 3.16. The number of hydrogen-bond donors (Lipinski definition) is 1. The largest absolute Gasteiger partial charge is 0.350 e. The number of fused-ring (bicyclic) bond motifs is 2. The summed E-state index contributed by atoms with van der Waals surface area (Å²) in [5.41, 5.74) is 4.15. The fourth-order valence-corrected chi connectivity index (χ4v) is 4.74. The molecule has 2 aromatic carbocycles. The zero-order chi connectivity index (χ0) is 22.2. The van der Waals surface area contributed by atoms with Crippen molar-refractivity contribution >= 4 is 22.7 Å². The molecule has 3 heterocycles. The highest BCUT2D eigenvalue weighted by Gasteiger charge is 2.43. The number of rotatable bonds is 4. The number of nitrogens with zero attached hydrogens (tertiary/aromatic N) is 3. The molecule has 2 amide bonds. The van der Waals surface area contributed by atoms with Gasteiger partial charge >= 0.3 is 0 Å². The Morgan fingerprint density at radius 1 is 0.969 bits per heavy atom. The number of benzene rings is 2. The lowest BCUT2D eigenvalue weighted by Crippen LogP contribution is -2.45. The van der Waals surface area contributed by atoms with Gasteiger partial charge in [0, 0.05) is 48.5 Å². The van der Waals surface area contributed by atoms with E-state index in [0.29, 0.717) is 12.1 Å². The van der Waals surface area contributed by atoms with E-state index in [2.05, 4.69) is 10.3 Å². The van der Waals surface area contributed by atoms with Crippen LogP contribution in [0.4, 0.5) is 0 Å². The Kier molecular flexibility index (Phi) is 4.98. The second kappa shape index (κ2) is 7.96. The third kappa shape index (κ3) is 3.24. The number of hydrogen-bond acceptors (Lipinski definition) is 3. The van der Waals surface area contributed by atoms with E-state index in [4.69, 9.17) is 0 Å². The SMILES string of the molecule is CN1C(=O)c2ccccc2[C@H](C(=O)NCc2ccccn2)[C@@H]1c1cn(C)c2ccccc12. The maximum atomic E-state index is 13.6. The molecule has 6 heteroatoms. The number of amides is 2. The molecule has 32 heavy (non-hydrogen) atoms. The van der Waals surface area contributed by atoms with Gasteiger partial charge in [0.2, 0.25) is 5.91 Å². The highest BCUT2D eigenvalue weighted by atomic mass is 16.2. The summed E-state index contributed by atoms with van der Waals surface area (Å²) in [5, 5.41) is 4.10. The van der Waals surface area contributed by atoms with Crippen LogP contribution in [0.15, 0.2) is 79.1 Å². The molecule has 0 bridgehead atoms. The first-order valence-corrected chi connectivity index (χ1v) is 10.6. The van der Waals surface area contributed by atoms with Crippen LogP contribution >= 0.6 is 0 Å². The van der Waals surface area contributed by atoms with Gasteiger partial charge in [-0.25, -0.2) is 0 Å². The molecule has 1 aliphatic rings. The molecule has 2 atom stereocenters. The van der Waals surface area contributed by atoms with Gasteiger partial charge in [-0.2, -0.15) is 0 Å². The molecule has 0 spiro atoms. The number of aromatic nitrogens is 2. The summed E-state index contributed by atoms with van der Waals surface area (Å²) in [6, 6.07) is 20.7.